The van der Waals surface area contributed by atoms with Crippen molar-refractivity contribution < 1.29 is 4.84 Å². The molecule has 0 fully saturated rings. The molecule has 1 heterocycles. The van der Waals surface area contributed by atoms with E-state index in [1.807, 2.05) is 12.1 Å². The van der Waals surface area contributed by atoms with Crippen LogP contribution in [0.1, 0.15) is 20.3 Å². The van der Waals surface area contributed by atoms with Gasteiger partial charge in [-0.05, 0) is 26.0 Å². The molecule has 3 heteroatoms. The molecule has 0 N–H and O–H groups in total. The van der Waals surface area contributed by atoms with Gasteiger partial charge in [0.2, 0.25) is 0 Å². The monoisotopic (exact) mass is 250 g/mol. The average Bonchev–Trinajstić information content (AvgIpc) is 2.35. The van der Waals surface area contributed by atoms with Gasteiger partial charge in [-0.1, -0.05) is 31.2 Å². The third-order valence-electron chi connectivity index (χ3n) is 3.50. The minimum absolute atomic E-state index is 0.246. The fourth-order valence-corrected chi connectivity index (χ4v) is 2.38. The molecule has 0 radical (unpaired) electrons. The minimum Gasteiger partial charge on any atom is -0.298 e. The van der Waals surface area contributed by atoms with Crippen LogP contribution in [0.15, 0.2) is 36.5 Å². The Bertz CT molecular complexity index is 335. The Morgan fingerprint density at radius 2 is 2.33 bits per heavy atom. The standard InChI is InChI=1S/C15H26N2O/c1-7-9-18-17(6)15-11-16(5)13(8-2)10-14(15)12(3)4/h7,10,13,15H,1,3,8-9,11H2,2,4-6H3/t13-,15+/m1/s1. The molecule has 0 unspecified atom stereocenters. The molecule has 0 aromatic heterocycles. The van der Waals surface area contributed by atoms with Crippen LogP contribution in [0.5, 0.6) is 0 Å². The second-order valence-electron chi connectivity index (χ2n) is 4.96. The summed E-state index contributed by atoms with van der Waals surface area (Å²) in [5, 5.41) is 1.92. The molecule has 18 heavy (non-hydrogen) atoms. The predicted octanol–water partition coefficient (Wildman–Crippen LogP) is 2.63. The molecule has 0 amide bonds. The highest BCUT2D eigenvalue weighted by molar-refractivity contribution is 5.35. The second kappa shape index (κ2) is 6.88. The van der Waals surface area contributed by atoms with Gasteiger partial charge in [0.1, 0.15) is 0 Å². The van der Waals surface area contributed by atoms with Crippen LogP contribution < -0.4 is 0 Å². The molecule has 0 saturated carbocycles. The normalized spacial score (nSPS) is 25.1. The van der Waals surface area contributed by atoms with E-state index in [0.29, 0.717) is 12.6 Å². The van der Waals surface area contributed by atoms with Crippen molar-refractivity contribution >= 4 is 0 Å². The first-order valence-electron chi connectivity index (χ1n) is 6.55. The van der Waals surface area contributed by atoms with Gasteiger partial charge in [0, 0.05) is 19.6 Å². The first-order valence-corrected chi connectivity index (χ1v) is 6.55. The molecule has 2 atom stereocenters. The highest BCUT2D eigenvalue weighted by atomic mass is 16.7. The number of hydroxylamine groups is 2. The summed E-state index contributed by atoms with van der Waals surface area (Å²) in [6, 6.07) is 0.746. The summed E-state index contributed by atoms with van der Waals surface area (Å²) in [5.74, 6) is 0. The maximum atomic E-state index is 5.63. The summed E-state index contributed by atoms with van der Waals surface area (Å²) in [5.41, 5.74) is 2.42. The second-order valence-corrected chi connectivity index (χ2v) is 4.96. The van der Waals surface area contributed by atoms with Gasteiger partial charge in [0.05, 0.1) is 12.6 Å². The SMILES string of the molecule is C=CCON(C)[C@H]1CN(C)[C@H](CC)C=C1C(=C)C. The minimum atomic E-state index is 0.246. The average molecular weight is 250 g/mol. The van der Waals surface area contributed by atoms with Gasteiger partial charge in [-0.2, -0.15) is 5.06 Å². The molecule has 0 bridgehead atoms. The van der Waals surface area contributed by atoms with E-state index in [-0.39, 0.29) is 6.04 Å². The van der Waals surface area contributed by atoms with Crippen molar-refractivity contribution in [2.45, 2.75) is 32.4 Å². The van der Waals surface area contributed by atoms with E-state index in [1.165, 1.54) is 5.57 Å². The molecule has 1 rings (SSSR count). The summed E-state index contributed by atoms with van der Waals surface area (Å²) >= 11 is 0. The zero-order valence-corrected chi connectivity index (χ0v) is 12.1. The quantitative estimate of drug-likeness (QED) is 0.532. The number of rotatable bonds is 6. The summed E-state index contributed by atoms with van der Waals surface area (Å²) in [6.45, 7) is 13.6. The van der Waals surface area contributed by atoms with Gasteiger partial charge in [0.25, 0.3) is 0 Å². The fourth-order valence-electron chi connectivity index (χ4n) is 2.38. The van der Waals surface area contributed by atoms with Crippen LogP contribution >= 0.6 is 0 Å². The van der Waals surface area contributed by atoms with Gasteiger partial charge in [-0.3, -0.25) is 9.74 Å². The number of nitrogens with zero attached hydrogens (tertiary/aromatic N) is 2. The third kappa shape index (κ3) is 3.55. The van der Waals surface area contributed by atoms with Crippen LogP contribution in [0.3, 0.4) is 0 Å². The molecule has 0 aromatic rings. The maximum Gasteiger partial charge on any atom is 0.0864 e. The molecular formula is C15H26N2O. The lowest BCUT2D eigenvalue weighted by atomic mass is 9.92. The summed E-state index contributed by atoms with van der Waals surface area (Å²) < 4.78 is 0. The van der Waals surface area contributed by atoms with Crippen molar-refractivity contribution in [1.29, 1.82) is 0 Å². The fraction of sp³-hybridized carbons (Fsp3) is 0.600. The Hall–Kier alpha value is -0.900. The molecule has 1 aliphatic rings. The lowest BCUT2D eigenvalue weighted by Gasteiger charge is -2.40. The van der Waals surface area contributed by atoms with Gasteiger partial charge in [0.15, 0.2) is 0 Å². The largest absolute Gasteiger partial charge is 0.298 e. The van der Waals surface area contributed by atoms with Crippen LogP contribution in [-0.4, -0.2) is 49.3 Å². The number of hydrogen-bond donors (Lipinski definition) is 0. The zero-order valence-electron chi connectivity index (χ0n) is 12.1. The highest BCUT2D eigenvalue weighted by Gasteiger charge is 2.29. The van der Waals surface area contributed by atoms with E-state index in [9.17, 15) is 0 Å². The van der Waals surface area contributed by atoms with Crippen LogP contribution in [0.4, 0.5) is 0 Å². The molecule has 102 valence electrons. The summed E-state index contributed by atoms with van der Waals surface area (Å²) in [4.78, 5) is 8.00. The smallest absolute Gasteiger partial charge is 0.0864 e. The highest BCUT2D eigenvalue weighted by Crippen LogP contribution is 2.25. The lowest BCUT2D eigenvalue weighted by Crippen LogP contribution is -2.48. The van der Waals surface area contributed by atoms with E-state index in [2.05, 4.69) is 45.0 Å². The molecule has 0 spiro atoms. The number of hydrogen-bond acceptors (Lipinski definition) is 3. The van der Waals surface area contributed by atoms with Crippen molar-refractivity contribution in [2.75, 3.05) is 27.2 Å². The van der Waals surface area contributed by atoms with E-state index in [0.717, 1.165) is 18.5 Å². The molecule has 3 nitrogen and oxygen atoms in total. The first-order chi connectivity index (χ1) is 8.51. The first kappa shape index (κ1) is 15.2. The summed E-state index contributed by atoms with van der Waals surface area (Å²) in [7, 11) is 4.14. The molecule has 0 saturated heterocycles. The predicted molar refractivity (Wildman–Crippen MR) is 77.3 cm³/mol. The van der Waals surface area contributed by atoms with Crippen LogP contribution in [0, 0.1) is 0 Å². The van der Waals surface area contributed by atoms with E-state index in [4.69, 9.17) is 4.84 Å². The van der Waals surface area contributed by atoms with Crippen molar-refractivity contribution in [2.24, 2.45) is 0 Å². The molecule has 0 aliphatic carbocycles. The Morgan fingerprint density at radius 1 is 1.67 bits per heavy atom. The van der Waals surface area contributed by atoms with Crippen LogP contribution in [0.25, 0.3) is 0 Å². The third-order valence-corrected chi connectivity index (χ3v) is 3.50. The van der Waals surface area contributed by atoms with Crippen molar-refractivity contribution in [3.05, 3.63) is 36.5 Å². The molecule has 0 aromatic carbocycles. The Balaban J connectivity index is 2.88. The van der Waals surface area contributed by atoms with Crippen molar-refractivity contribution in [3.8, 4) is 0 Å². The lowest BCUT2D eigenvalue weighted by molar-refractivity contribution is -0.153. The van der Waals surface area contributed by atoms with Crippen LogP contribution in [0.2, 0.25) is 0 Å². The van der Waals surface area contributed by atoms with Gasteiger partial charge in [-0.15, -0.1) is 6.58 Å². The van der Waals surface area contributed by atoms with Crippen LogP contribution in [-0.2, 0) is 4.84 Å². The Morgan fingerprint density at radius 3 is 2.83 bits per heavy atom. The van der Waals surface area contributed by atoms with E-state index < -0.39 is 0 Å². The van der Waals surface area contributed by atoms with Crippen molar-refractivity contribution in [1.82, 2.24) is 9.96 Å². The van der Waals surface area contributed by atoms with E-state index in [1.54, 1.807) is 6.08 Å². The van der Waals surface area contributed by atoms with Gasteiger partial charge >= 0.3 is 0 Å². The van der Waals surface area contributed by atoms with Crippen molar-refractivity contribution in [3.63, 3.8) is 0 Å². The number of likely N-dealkylation sites (N-methyl/N-ethyl adjacent to an activating group) is 2. The zero-order chi connectivity index (χ0) is 13.7. The van der Waals surface area contributed by atoms with E-state index >= 15 is 0 Å². The Labute approximate surface area is 111 Å². The van der Waals surface area contributed by atoms with Gasteiger partial charge in [-0.25, -0.2) is 0 Å². The Kier molecular flexibility index (Phi) is 5.79. The summed E-state index contributed by atoms with van der Waals surface area (Å²) in [6.07, 6.45) is 5.21. The van der Waals surface area contributed by atoms with Gasteiger partial charge < -0.3 is 0 Å². The maximum absolute atomic E-state index is 5.63. The molecular weight excluding hydrogens is 224 g/mol. The molecule has 1 aliphatic heterocycles. The topological polar surface area (TPSA) is 15.7 Å².